The number of carbonyl (C=O) groups excluding carboxylic acids is 2. The molecule has 5 rings (SSSR count). The van der Waals surface area contributed by atoms with Crippen LogP contribution in [0.25, 0.3) is 17.0 Å². The van der Waals surface area contributed by atoms with Gasteiger partial charge in [-0.25, -0.2) is 0 Å². The van der Waals surface area contributed by atoms with Crippen molar-refractivity contribution in [3.8, 4) is 0 Å². The Kier molecular flexibility index (Phi) is 6.92. The lowest BCUT2D eigenvalue weighted by Crippen LogP contribution is -2.29. The molecular weight excluding hydrogens is 486 g/mol. The van der Waals surface area contributed by atoms with Crippen molar-refractivity contribution in [3.05, 3.63) is 116 Å². The van der Waals surface area contributed by atoms with Crippen molar-refractivity contribution in [2.45, 2.75) is 26.3 Å². The van der Waals surface area contributed by atoms with Gasteiger partial charge in [-0.2, -0.15) is 0 Å². The van der Waals surface area contributed by atoms with Crippen LogP contribution < -0.4 is 0 Å². The predicted molar refractivity (Wildman–Crippen MR) is 146 cm³/mol. The van der Waals surface area contributed by atoms with Gasteiger partial charge in [0.05, 0.1) is 9.83 Å². The monoisotopic (exact) mass is 511 g/mol. The third-order valence-corrected chi connectivity index (χ3v) is 7.51. The predicted octanol–water partition coefficient (Wildman–Crippen LogP) is 6.58. The number of nitro benzene ring substituents is 1. The van der Waals surface area contributed by atoms with E-state index in [2.05, 4.69) is 4.57 Å². The van der Waals surface area contributed by atoms with E-state index < -0.39 is 4.92 Å². The van der Waals surface area contributed by atoms with Gasteiger partial charge < -0.3 is 4.57 Å². The molecule has 0 saturated carbocycles. The zero-order valence-electron chi connectivity index (χ0n) is 20.3. The van der Waals surface area contributed by atoms with E-state index in [1.807, 2.05) is 67.6 Å². The fourth-order valence-electron chi connectivity index (χ4n) is 4.66. The Hall–Kier alpha value is -4.17. The molecule has 0 radical (unpaired) electrons. The van der Waals surface area contributed by atoms with Crippen LogP contribution in [0.15, 0.2) is 83.8 Å². The van der Waals surface area contributed by atoms with Crippen LogP contribution >= 0.6 is 11.8 Å². The van der Waals surface area contributed by atoms with Crippen molar-refractivity contribution < 1.29 is 14.5 Å². The summed E-state index contributed by atoms with van der Waals surface area (Å²) in [5.41, 5.74) is 5.01. The molecule has 0 atom stereocenters. The lowest BCUT2D eigenvalue weighted by atomic mass is 10.1. The van der Waals surface area contributed by atoms with Crippen molar-refractivity contribution in [1.29, 1.82) is 0 Å². The molecule has 1 aliphatic rings. The summed E-state index contributed by atoms with van der Waals surface area (Å²) in [4.78, 5) is 38.2. The number of non-ortho nitro benzene ring substituents is 1. The number of aryl methyl sites for hydroxylation is 1. The number of fused-ring (bicyclic) bond motifs is 1. The van der Waals surface area contributed by atoms with E-state index in [-0.39, 0.29) is 16.8 Å². The number of rotatable bonds is 8. The van der Waals surface area contributed by atoms with Gasteiger partial charge in [-0.15, -0.1) is 0 Å². The normalized spacial score (nSPS) is 14.7. The van der Waals surface area contributed by atoms with Gasteiger partial charge >= 0.3 is 0 Å². The molecule has 1 aliphatic heterocycles. The smallest absolute Gasteiger partial charge is 0.293 e. The molecule has 2 amide bonds. The van der Waals surface area contributed by atoms with Crippen LogP contribution in [0.5, 0.6) is 0 Å². The van der Waals surface area contributed by atoms with Crippen LogP contribution in [-0.2, 0) is 17.8 Å². The summed E-state index contributed by atoms with van der Waals surface area (Å²) in [7, 11) is 0. The summed E-state index contributed by atoms with van der Waals surface area (Å²) in [5.74, 6) is -0.255. The van der Waals surface area contributed by atoms with Crippen molar-refractivity contribution >= 4 is 45.6 Å². The van der Waals surface area contributed by atoms with Crippen molar-refractivity contribution in [2.24, 2.45) is 0 Å². The fraction of sp³-hybridized carbons (Fsp3) is 0.172. The molecule has 2 heterocycles. The first-order valence-corrected chi connectivity index (χ1v) is 12.8. The Balaban J connectivity index is 1.39. The maximum Gasteiger partial charge on any atom is 0.293 e. The van der Waals surface area contributed by atoms with Crippen LogP contribution in [0.3, 0.4) is 0 Å². The second-order valence-electron chi connectivity index (χ2n) is 8.95. The molecule has 1 fully saturated rings. The first kappa shape index (κ1) is 24.5. The van der Waals surface area contributed by atoms with E-state index in [1.165, 1.54) is 22.6 Å². The summed E-state index contributed by atoms with van der Waals surface area (Å²) in [6, 6.07) is 24.5. The van der Waals surface area contributed by atoms with Crippen LogP contribution in [0.2, 0.25) is 0 Å². The molecule has 0 N–H and O–H groups in total. The van der Waals surface area contributed by atoms with Crippen LogP contribution in [-0.4, -0.2) is 32.1 Å². The van der Waals surface area contributed by atoms with Crippen molar-refractivity contribution in [1.82, 2.24) is 9.47 Å². The highest BCUT2D eigenvalue weighted by atomic mass is 32.2. The van der Waals surface area contributed by atoms with Crippen LogP contribution in [0.1, 0.15) is 28.8 Å². The highest BCUT2D eigenvalue weighted by Crippen LogP contribution is 2.36. The number of thioether (sulfide) groups is 1. The minimum Gasteiger partial charge on any atom is -0.340 e. The van der Waals surface area contributed by atoms with E-state index in [0.717, 1.165) is 45.9 Å². The molecule has 0 aliphatic carbocycles. The van der Waals surface area contributed by atoms with Crippen molar-refractivity contribution in [2.75, 3.05) is 6.54 Å². The average Bonchev–Trinajstić information content (AvgIpc) is 3.32. The highest BCUT2D eigenvalue weighted by Gasteiger charge is 2.35. The van der Waals surface area contributed by atoms with Gasteiger partial charge in [-0.1, -0.05) is 60.7 Å². The molecule has 186 valence electrons. The Morgan fingerprint density at radius 1 is 0.919 bits per heavy atom. The first-order chi connectivity index (χ1) is 17.9. The third kappa shape index (κ3) is 5.06. The summed E-state index contributed by atoms with van der Waals surface area (Å²) in [5, 5.41) is 11.7. The van der Waals surface area contributed by atoms with Gasteiger partial charge in [0.1, 0.15) is 0 Å². The van der Waals surface area contributed by atoms with Crippen LogP contribution in [0.4, 0.5) is 10.5 Å². The zero-order chi connectivity index (χ0) is 25.9. The number of nitro groups is 1. The Morgan fingerprint density at radius 2 is 1.62 bits per heavy atom. The number of carbonyl (C=O) groups is 2. The number of hydrogen-bond acceptors (Lipinski definition) is 5. The summed E-state index contributed by atoms with van der Waals surface area (Å²) >= 11 is 0.983. The molecule has 8 heteroatoms. The van der Waals surface area contributed by atoms with E-state index >= 15 is 0 Å². The minimum atomic E-state index is -0.410. The molecule has 37 heavy (non-hydrogen) atoms. The topological polar surface area (TPSA) is 85.5 Å². The number of hydrogen-bond donors (Lipinski definition) is 0. The molecule has 0 spiro atoms. The summed E-state index contributed by atoms with van der Waals surface area (Å²) < 4.78 is 2.13. The maximum atomic E-state index is 13.1. The van der Waals surface area contributed by atoms with Crippen molar-refractivity contribution in [3.63, 3.8) is 0 Å². The van der Waals surface area contributed by atoms with Gasteiger partial charge in [-0.3, -0.25) is 24.6 Å². The summed E-state index contributed by atoms with van der Waals surface area (Å²) in [6.45, 7) is 2.90. The molecule has 0 bridgehead atoms. The molecule has 4 aromatic rings. The molecular formula is C29H25N3O4S. The zero-order valence-corrected chi connectivity index (χ0v) is 21.1. The number of amides is 2. The quantitative estimate of drug-likeness (QED) is 0.152. The van der Waals surface area contributed by atoms with E-state index in [0.29, 0.717) is 24.4 Å². The molecule has 1 aromatic heterocycles. The van der Waals surface area contributed by atoms with Gasteiger partial charge in [0.15, 0.2) is 0 Å². The molecule has 1 saturated heterocycles. The maximum absolute atomic E-state index is 13.1. The van der Waals surface area contributed by atoms with Gasteiger partial charge in [-0.05, 0) is 54.8 Å². The standard InChI is InChI=1S/C29H25N3O4S/c1-20-25(18-27-28(33)30(29(34)37-27)17-7-10-21-8-3-2-4-9-21)24-11-5-6-12-26(24)31(20)19-22-13-15-23(16-14-22)32(35)36/h2-6,8-9,11-16,18H,7,10,17,19H2,1H3/b27-18+. The summed E-state index contributed by atoms with van der Waals surface area (Å²) in [6.07, 6.45) is 3.34. The van der Waals surface area contributed by atoms with Gasteiger partial charge in [0, 0.05) is 47.4 Å². The first-order valence-electron chi connectivity index (χ1n) is 12.0. The molecule has 0 unspecified atom stereocenters. The third-order valence-electron chi connectivity index (χ3n) is 6.61. The largest absolute Gasteiger partial charge is 0.340 e. The van der Waals surface area contributed by atoms with Gasteiger partial charge in [0.25, 0.3) is 16.8 Å². The second kappa shape index (κ2) is 10.4. The number of para-hydroxylation sites is 1. The SMILES string of the molecule is Cc1c(/C=C2/SC(=O)N(CCCc3ccccc3)C2=O)c2ccccc2n1Cc1ccc([N+](=O)[O-])cc1. The number of benzene rings is 3. The average molecular weight is 512 g/mol. The number of nitrogens with zero attached hydrogens (tertiary/aromatic N) is 3. The second-order valence-corrected chi connectivity index (χ2v) is 9.94. The van der Waals surface area contributed by atoms with E-state index in [9.17, 15) is 19.7 Å². The molecule has 3 aromatic carbocycles. The Labute approximate surface area is 218 Å². The Morgan fingerprint density at radius 3 is 2.35 bits per heavy atom. The fourth-order valence-corrected chi connectivity index (χ4v) is 5.51. The molecule has 7 nitrogen and oxygen atoms in total. The number of aromatic nitrogens is 1. The lowest BCUT2D eigenvalue weighted by Gasteiger charge is -2.12. The van der Waals surface area contributed by atoms with E-state index in [4.69, 9.17) is 0 Å². The highest BCUT2D eigenvalue weighted by molar-refractivity contribution is 8.18. The minimum absolute atomic E-state index is 0.0537. The lowest BCUT2D eigenvalue weighted by molar-refractivity contribution is -0.384. The number of imide groups is 1. The Bertz CT molecular complexity index is 1520. The van der Waals surface area contributed by atoms with E-state index in [1.54, 1.807) is 12.1 Å². The van der Waals surface area contributed by atoms with Crippen LogP contribution in [0, 0.1) is 17.0 Å². The van der Waals surface area contributed by atoms with Gasteiger partial charge in [0.2, 0.25) is 0 Å².